The van der Waals surface area contributed by atoms with Crippen LogP contribution in [0.2, 0.25) is 0 Å². The van der Waals surface area contributed by atoms with Gasteiger partial charge in [0.25, 0.3) is 0 Å². The van der Waals surface area contributed by atoms with Gasteiger partial charge >= 0.3 is 7.82 Å². The lowest BCUT2D eigenvalue weighted by Gasteiger charge is -2.22. The van der Waals surface area contributed by atoms with Crippen molar-refractivity contribution in [1.82, 2.24) is 0 Å². The average Bonchev–Trinajstić information content (AvgIpc) is 4.04. The van der Waals surface area contributed by atoms with Crippen molar-refractivity contribution in [3.05, 3.63) is 191 Å². The van der Waals surface area contributed by atoms with Crippen LogP contribution in [0.4, 0.5) is 0 Å². The third-order valence-electron chi connectivity index (χ3n) is 12.7. The van der Waals surface area contributed by atoms with Crippen molar-refractivity contribution in [2.75, 3.05) is 0 Å². The van der Waals surface area contributed by atoms with E-state index in [1.807, 2.05) is 24.3 Å². The maximum absolute atomic E-state index is 15.0. The van der Waals surface area contributed by atoms with Crippen molar-refractivity contribution in [2.24, 2.45) is 0 Å². The molecule has 0 fully saturated rings. The zero-order chi connectivity index (χ0) is 41.8. The van der Waals surface area contributed by atoms with E-state index in [0.29, 0.717) is 33.8 Å². The van der Waals surface area contributed by atoms with E-state index in [0.717, 1.165) is 98.0 Å². The van der Waals surface area contributed by atoms with E-state index in [2.05, 4.69) is 167 Å². The molecule has 63 heavy (non-hydrogen) atoms. The summed E-state index contributed by atoms with van der Waals surface area (Å²) in [5, 5.41) is 20.7. The molecular weight excluding hydrogens is 832 g/mol. The van der Waals surface area contributed by atoms with Crippen molar-refractivity contribution in [2.45, 2.75) is 0 Å². The highest BCUT2D eigenvalue weighted by molar-refractivity contribution is 7.48. The van der Waals surface area contributed by atoms with Gasteiger partial charge in [0.1, 0.15) is 11.5 Å². The lowest BCUT2D eigenvalue weighted by atomic mass is 9.82. The summed E-state index contributed by atoms with van der Waals surface area (Å²) in [5.74, 6) is 0.614. The summed E-state index contributed by atoms with van der Waals surface area (Å²) >= 11 is 3.35. The lowest BCUT2D eigenvalue weighted by molar-refractivity contribution is 0.295. The summed E-state index contributed by atoms with van der Waals surface area (Å²) in [4.78, 5) is 12.2. The molecule has 12 aromatic rings. The molecule has 1 aliphatic heterocycles. The first-order valence-corrected chi connectivity index (χ1v) is 24.2. The van der Waals surface area contributed by atoms with Crippen LogP contribution in [0.15, 0.2) is 191 Å². The Kier molecular flexibility index (Phi) is 8.12. The number of thiophene rings is 2. The SMILES string of the molecule is O=P1(O)Oc2c(-c3c4ccccc4c(-c4ccsc4)c4ccccc34)cc3ccccc3c2-c2c(c(-c3c4ccccc4c(-c4ccsc4)c4ccccc34)cc3ccccc23)O1. The molecule has 0 radical (unpaired) electrons. The van der Waals surface area contributed by atoms with E-state index in [9.17, 15) is 4.89 Å². The highest BCUT2D eigenvalue weighted by Crippen LogP contribution is 2.63. The van der Waals surface area contributed by atoms with Crippen molar-refractivity contribution in [3.63, 3.8) is 0 Å². The molecule has 298 valence electrons. The van der Waals surface area contributed by atoms with Crippen molar-refractivity contribution in [3.8, 4) is 67.1 Å². The van der Waals surface area contributed by atoms with Gasteiger partial charge in [-0.25, -0.2) is 4.57 Å². The van der Waals surface area contributed by atoms with Gasteiger partial charge in [-0.3, -0.25) is 4.89 Å². The molecule has 1 N–H and O–H groups in total. The minimum Gasteiger partial charge on any atom is -0.394 e. The molecule has 4 nitrogen and oxygen atoms in total. The molecule has 1 aliphatic rings. The van der Waals surface area contributed by atoms with Gasteiger partial charge in [-0.2, -0.15) is 22.7 Å². The number of rotatable bonds is 4. The van der Waals surface area contributed by atoms with Crippen LogP contribution in [0, 0.1) is 0 Å². The molecule has 0 bridgehead atoms. The number of phosphoric acid groups is 1. The Bertz CT molecular complexity index is 3540. The van der Waals surface area contributed by atoms with Crippen LogP contribution in [0.25, 0.3) is 120 Å². The number of hydrogen-bond donors (Lipinski definition) is 1. The summed E-state index contributed by atoms with van der Waals surface area (Å²) in [5.41, 5.74) is 9.30. The van der Waals surface area contributed by atoms with E-state index in [1.54, 1.807) is 22.7 Å². The Morgan fingerprint density at radius 3 is 0.984 bits per heavy atom. The van der Waals surface area contributed by atoms with Crippen LogP contribution < -0.4 is 9.05 Å². The molecule has 0 amide bonds. The highest BCUT2D eigenvalue weighted by atomic mass is 32.1. The predicted octanol–water partition coefficient (Wildman–Crippen LogP) is 16.9. The Hall–Kier alpha value is -7.05. The molecule has 0 unspecified atom stereocenters. The topological polar surface area (TPSA) is 55.8 Å². The van der Waals surface area contributed by atoms with Gasteiger partial charge in [0.05, 0.1) is 0 Å². The lowest BCUT2D eigenvalue weighted by Crippen LogP contribution is -2.01. The number of fused-ring (bicyclic) bond motifs is 11. The van der Waals surface area contributed by atoms with E-state index in [4.69, 9.17) is 9.05 Å². The summed E-state index contributed by atoms with van der Waals surface area (Å²) in [6, 6.07) is 58.9. The number of phosphoric ester groups is 1. The number of benzene rings is 10. The standard InChI is InChI=1S/C56H33O4PS2/c57-61(58)59-55-47(51-43-21-9-5-17-39(43)49(35-25-27-62-31-35)40-18-6-10-22-44(40)51)29-33-13-1-3-15-37(33)53(55)54-38-16-4-2-14-34(38)30-48(56(54)60-61)52-45-23-11-7-19-41(45)50(36-26-28-63-32-36)42-20-8-12-24-46(42)52/h1-32H,(H,57,58). The van der Waals surface area contributed by atoms with Gasteiger partial charge in [-0.1, -0.05) is 146 Å². The zero-order valence-electron chi connectivity index (χ0n) is 33.4. The van der Waals surface area contributed by atoms with Crippen molar-refractivity contribution in [1.29, 1.82) is 0 Å². The van der Waals surface area contributed by atoms with E-state index in [-0.39, 0.29) is 0 Å². The fourth-order valence-electron chi connectivity index (χ4n) is 10.2. The molecule has 13 rings (SSSR count). The van der Waals surface area contributed by atoms with Crippen molar-refractivity contribution >= 4 is 95.1 Å². The molecule has 10 aromatic carbocycles. The second-order valence-corrected chi connectivity index (χ2v) is 18.9. The molecule has 3 heterocycles. The summed E-state index contributed by atoms with van der Waals surface area (Å²) in [6.45, 7) is 0. The third-order valence-corrected chi connectivity index (χ3v) is 14.9. The fraction of sp³-hybridized carbons (Fsp3) is 0. The second-order valence-electron chi connectivity index (χ2n) is 16.1. The zero-order valence-corrected chi connectivity index (χ0v) is 35.9. The van der Waals surface area contributed by atoms with Crippen LogP contribution in [0.3, 0.4) is 0 Å². The quantitative estimate of drug-likeness (QED) is 0.141. The maximum atomic E-state index is 15.0. The average molecular weight is 865 g/mol. The molecular formula is C56H33O4PS2. The summed E-state index contributed by atoms with van der Waals surface area (Å²) in [7, 11) is -4.88. The Morgan fingerprint density at radius 2 is 0.667 bits per heavy atom. The van der Waals surface area contributed by atoms with E-state index >= 15 is 4.57 Å². The molecule has 0 saturated heterocycles. The molecule has 0 spiro atoms. The van der Waals surface area contributed by atoms with Gasteiger partial charge in [0.2, 0.25) is 0 Å². The van der Waals surface area contributed by atoms with Crippen LogP contribution in [-0.2, 0) is 4.57 Å². The van der Waals surface area contributed by atoms with E-state index in [1.165, 1.54) is 0 Å². The van der Waals surface area contributed by atoms with Gasteiger partial charge < -0.3 is 9.05 Å². The number of hydrogen-bond acceptors (Lipinski definition) is 5. The molecule has 0 aliphatic carbocycles. The van der Waals surface area contributed by atoms with Crippen LogP contribution in [0.1, 0.15) is 0 Å². The first kappa shape index (κ1) is 36.6. The Labute approximate surface area is 370 Å². The first-order valence-electron chi connectivity index (χ1n) is 20.8. The summed E-state index contributed by atoms with van der Waals surface area (Å²) in [6.07, 6.45) is 0. The first-order chi connectivity index (χ1) is 31.0. The molecule has 0 atom stereocenters. The van der Waals surface area contributed by atoms with E-state index < -0.39 is 7.82 Å². The molecule has 0 saturated carbocycles. The third kappa shape index (κ3) is 5.53. The van der Waals surface area contributed by atoms with Gasteiger partial charge in [0, 0.05) is 33.4 Å². The normalized spacial score (nSPS) is 13.3. The largest absolute Gasteiger partial charge is 0.584 e. The maximum Gasteiger partial charge on any atom is 0.584 e. The predicted molar refractivity (Wildman–Crippen MR) is 265 cm³/mol. The van der Waals surface area contributed by atoms with Crippen LogP contribution in [-0.4, -0.2) is 4.89 Å². The molecule has 7 heteroatoms. The van der Waals surface area contributed by atoms with Crippen LogP contribution >= 0.6 is 30.5 Å². The second kappa shape index (κ2) is 14.0. The van der Waals surface area contributed by atoms with Gasteiger partial charge in [-0.15, -0.1) is 0 Å². The minimum atomic E-state index is -4.88. The van der Waals surface area contributed by atoms with Crippen LogP contribution in [0.5, 0.6) is 11.5 Å². The highest BCUT2D eigenvalue weighted by Gasteiger charge is 2.39. The Morgan fingerprint density at radius 1 is 0.365 bits per heavy atom. The van der Waals surface area contributed by atoms with Gasteiger partial charge in [0.15, 0.2) is 0 Å². The fourth-order valence-corrected chi connectivity index (χ4v) is 12.4. The van der Waals surface area contributed by atoms with Crippen molar-refractivity contribution < 1.29 is 18.5 Å². The minimum absolute atomic E-state index is 0.307. The Balaban J connectivity index is 1.22. The molecule has 2 aromatic heterocycles. The van der Waals surface area contributed by atoms with Gasteiger partial charge in [-0.05, 0) is 133 Å². The summed E-state index contributed by atoms with van der Waals surface area (Å²) < 4.78 is 28.2. The monoisotopic (exact) mass is 864 g/mol. The smallest absolute Gasteiger partial charge is 0.394 e.